The summed E-state index contributed by atoms with van der Waals surface area (Å²) in [6, 6.07) is 0. The number of rotatable bonds is 2. The van der Waals surface area contributed by atoms with Crippen LogP contribution < -0.4 is 5.32 Å². The molecule has 0 spiro atoms. The molecular weight excluding hydrogens is 246 g/mol. The number of nitrogens with one attached hydrogen (secondary N) is 1. The standard InChI is InChI=1S/C14H23NO4/c1-12(2,3)19-11(18)15-14-7-5-4-6-13(8-14,9-14)10(16)17/h4-9H2,1-3H3,(H,15,18)(H,16,17). The third-order valence-corrected chi connectivity index (χ3v) is 4.13. The molecule has 0 heterocycles. The highest BCUT2D eigenvalue weighted by Crippen LogP contribution is 2.56. The molecule has 3 rings (SSSR count). The minimum absolute atomic E-state index is 0.364. The summed E-state index contributed by atoms with van der Waals surface area (Å²) in [4.78, 5) is 23.2. The molecule has 0 aromatic rings. The Morgan fingerprint density at radius 2 is 1.74 bits per heavy atom. The van der Waals surface area contributed by atoms with Crippen molar-refractivity contribution < 1.29 is 19.4 Å². The number of ether oxygens (including phenoxy) is 1. The second-order valence-electron chi connectivity index (χ2n) is 7.05. The first kappa shape index (κ1) is 14.2. The molecule has 5 nitrogen and oxygen atoms in total. The molecule has 0 aliphatic heterocycles. The van der Waals surface area contributed by atoms with Gasteiger partial charge in [-0.15, -0.1) is 0 Å². The SMILES string of the molecule is CC(C)(C)OC(=O)NC12CCCCC(C(=O)O)(C1)C2. The average Bonchev–Trinajstić information content (AvgIpc) is 2.43. The third-order valence-electron chi connectivity index (χ3n) is 4.13. The summed E-state index contributed by atoms with van der Waals surface area (Å²) in [5.74, 6) is -0.726. The molecule has 3 aliphatic carbocycles. The lowest BCUT2D eigenvalue weighted by atomic mass is 9.56. The van der Waals surface area contributed by atoms with Gasteiger partial charge in [-0.25, -0.2) is 4.79 Å². The van der Waals surface area contributed by atoms with Crippen LogP contribution >= 0.6 is 0 Å². The van der Waals surface area contributed by atoms with E-state index in [9.17, 15) is 14.7 Å². The van der Waals surface area contributed by atoms with E-state index in [0.717, 1.165) is 25.7 Å². The fraction of sp³-hybridized carbons (Fsp3) is 0.857. The van der Waals surface area contributed by atoms with Crippen LogP contribution in [0.5, 0.6) is 0 Å². The topological polar surface area (TPSA) is 75.6 Å². The van der Waals surface area contributed by atoms with E-state index in [4.69, 9.17) is 4.74 Å². The Morgan fingerprint density at radius 1 is 1.16 bits per heavy atom. The Labute approximate surface area is 113 Å². The Hall–Kier alpha value is -1.26. The van der Waals surface area contributed by atoms with Gasteiger partial charge in [-0.2, -0.15) is 0 Å². The number of aliphatic carboxylic acids is 1. The van der Waals surface area contributed by atoms with Crippen LogP contribution in [-0.4, -0.2) is 28.3 Å². The highest BCUT2D eigenvalue weighted by molar-refractivity contribution is 5.78. The van der Waals surface area contributed by atoms with Gasteiger partial charge < -0.3 is 15.2 Å². The third kappa shape index (κ3) is 2.85. The van der Waals surface area contributed by atoms with Crippen LogP contribution in [0.15, 0.2) is 0 Å². The smallest absolute Gasteiger partial charge is 0.408 e. The second kappa shape index (κ2) is 4.39. The number of hydrogen-bond acceptors (Lipinski definition) is 3. The number of fused-ring (bicyclic) bond motifs is 3. The Morgan fingerprint density at radius 3 is 2.26 bits per heavy atom. The first-order valence-corrected chi connectivity index (χ1v) is 6.91. The van der Waals surface area contributed by atoms with Gasteiger partial charge in [0.25, 0.3) is 0 Å². The number of carboxylic acids is 1. The summed E-state index contributed by atoms with van der Waals surface area (Å²) in [6.45, 7) is 5.46. The number of amides is 1. The van der Waals surface area contributed by atoms with E-state index in [2.05, 4.69) is 5.32 Å². The van der Waals surface area contributed by atoms with Crippen LogP contribution in [0.2, 0.25) is 0 Å². The Balaban J connectivity index is 2.01. The maximum Gasteiger partial charge on any atom is 0.408 e. The van der Waals surface area contributed by atoms with Gasteiger partial charge in [0.15, 0.2) is 0 Å². The van der Waals surface area contributed by atoms with Crippen molar-refractivity contribution in [1.82, 2.24) is 5.32 Å². The number of hydrogen-bond donors (Lipinski definition) is 2. The van der Waals surface area contributed by atoms with Crippen LogP contribution in [0, 0.1) is 5.41 Å². The van der Waals surface area contributed by atoms with Crippen molar-refractivity contribution >= 4 is 12.1 Å². The fourth-order valence-electron chi connectivity index (χ4n) is 3.45. The van der Waals surface area contributed by atoms with Crippen molar-refractivity contribution in [2.24, 2.45) is 5.41 Å². The molecule has 108 valence electrons. The van der Waals surface area contributed by atoms with Crippen LogP contribution in [0.25, 0.3) is 0 Å². The molecule has 2 N–H and O–H groups in total. The summed E-state index contributed by atoms with van der Waals surface area (Å²) < 4.78 is 5.27. The van der Waals surface area contributed by atoms with E-state index in [1.807, 2.05) is 20.8 Å². The number of alkyl carbamates (subject to hydrolysis) is 1. The van der Waals surface area contributed by atoms with Crippen molar-refractivity contribution in [1.29, 1.82) is 0 Å². The first-order valence-electron chi connectivity index (χ1n) is 6.91. The molecule has 0 unspecified atom stereocenters. The number of carbonyl (C=O) groups excluding carboxylic acids is 1. The van der Waals surface area contributed by atoms with Gasteiger partial charge in [0.1, 0.15) is 5.60 Å². The molecule has 0 aromatic heterocycles. The predicted octanol–water partition coefficient (Wildman–Crippen LogP) is 2.69. The summed E-state index contributed by atoms with van der Waals surface area (Å²) in [7, 11) is 0. The van der Waals surface area contributed by atoms with E-state index < -0.39 is 23.1 Å². The Kier molecular flexibility index (Phi) is 3.27. The number of carboxylic acid groups (broad SMARTS) is 1. The molecule has 3 saturated carbocycles. The zero-order valence-electron chi connectivity index (χ0n) is 11.9. The minimum Gasteiger partial charge on any atom is -0.481 e. The van der Waals surface area contributed by atoms with Crippen molar-refractivity contribution in [3.05, 3.63) is 0 Å². The molecule has 0 radical (unpaired) electrons. The van der Waals surface area contributed by atoms with E-state index in [1.165, 1.54) is 0 Å². The first-order chi connectivity index (χ1) is 8.67. The van der Waals surface area contributed by atoms with Gasteiger partial charge in [0, 0.05) is 5.54 Å². The second-order valence-corrected chi connectivity index (χ2v) is 7.05. The molecule has 0 atom stereocenters. The monoisotopic (exact) mass is 269 g/mol. The van der Waals surface area contributed by atoms with Crippen molar-refractivity contribution in [3.63, 3.8) is 0 Å². The maximum atomic E-state index is 11.9. The van der Waals surface area contributed by atoms with Crippen molar-refractivity contribution in [2.75, 3.05) is 0 Å². The van der Waals surface area contributed by atoms with Gasteiger partial charge in [0.2, 0.25) is 0 Å². The lowest BCUT2D eigenvalue weighted by Crippen LogP contribution is -2.63. The molecule has 0 aromatic carbocycles. The van der Waals surface area contributed by atoms with Gasteiger partial charge in [0.05, 0.1) is 5.41 Å². The zero-order valence-corrected chi connectivity index (χ0v) is 11.9. The van der Waals surface area contributed by atoms with Gasteiger partial charge in [-0.05, 0) is 46.5 Å². The van der Waals surface area contributed by atoms with Crippen molar-refractivity contribution in [3.8, 4) is 0 Å². The summed E-state index contributed by atoms with van der Waals surface area (Å²) in [5.41, 5.74) is -1.51. The van der Waals surface area contributed by atoms with E-state index in [0.29, 0.717) is 12.8 Å². The lowest BCUT2D eigenvalue weighted by Gasteiger charge is -2.52. The summed E-state index contributed by atoms with van der Waals surface area (Å²) in [5, 5.41) is 12.3. The average molecular weight is 269 g/mol. The molecule has 0 saturated heterocycles. The van der Waals surface area contributed by atoms with E-state index in [1.54, 1.807) is 0 Å². The largest absolute Gasteiger partial charge is 0.481 e. The van der Waals surface area contributed by atoms with Crippen LogP contribution in [0.4, 0.5) is 4.79 Å². The van der Waals surface area contributed by atoms with E-state index in [-0.39, 0.29) is 5.54 Å². The zero-order chi connectivity index (χ0) is 14.3. The fourth-order valence-corrected chi connectivity index (χ4v) is 3.45. The van der Waals surface area contributed by atoms with Crippen molar-refractivity contribution in [2.45, 2.75) is 70.4 Å². The van der Waals surface area contributed by atoms with Crippen LogP contribution in [-0.2, 0) is 9.53 Å². The predicted molar refractivity (Wildman–Crippen MR) is 69.9 cm³/mol. The number of carbonyl (C=O) groups is 2. The Bertz CT molecular complexity index is 391. The summed E-state index contributed by atoms with van der Waals surface area (Å²) >= 11 is 0. The molecular formula is C14H23NO4. The highest BCUT2D eigenvalue weighted by Gasteiger charge is 2.60. The molecule has 5 heteroatoms. The highest BCUT2D eigenvalue weighted by atomic mass is 16.6. The van der Waals surface area contributed by atoms with Gasteiger partial charge in [-0.3, -0.25) is 4.79 Å². The van der Waals surface area contributed by atoms with Gasteiger partial charge >= 0.3 is 12.1 Å². The maximum absolute atomic E-state index is 11.9. The van der Waals surface area contributed by atoms with Crippen LogP contribution in [0.1, 0.15) is 59.3 Å². The molecule has 3 aliphatic rings. The van der Waals surface area contributed by atoms with Crippen LogP contribution in [0.3, 0.4) is 0 Å². The lowest BCUT2D eigenvalue weighted by molar-refractivity contribution is -0.161. The molecule has 19 heavy (non-hydrogen) atoms. The molecule has 2 bridgehead atoms. The molecule has 3 fully saturated rings. The quantitative estimate of drug-likeness (QED) is 0.808. The van der Waals surface area contributed by atoms with E-state index >= 15 is 0 Å². The minimum atomic E-state index is -0.726. The van der Waals surface area contributed by atoms with Gasteiger partial charge in [-0.1, -0.05) is 12.8 Å². The normalized spacial score (nSPS) is 33.8. The molecule has 1 amide bonds. The summed E-state index contributed by atoms with van der Waals surface area (Å²) in [6.07, 6.45) is 4.09.